The summed E-state index contributed by atoms with van der Waals surface area (Å²) in [5, 5.41) is 9.12. The van der Waals surface area contributed by atoms with Crippen LogP contribution in [0, 0.1) is 11.3 Å². The van der Waals surface area contributed by atoms with E-state index in [0.29, 0.717) is 16.3 Å². The molecule has 0 N–H and O–H groups in total. The predicted molar refractivity (Wildman–Crippen MR) is 50.4 cm³/mol. The molecule has 0 heterocycles. The van der Waals surface area contributed by atoms with Crippen molar-refractivity contribution in [3.63, 3.8) is 0 Å². The Labute approximate surface area is 83.8 Å². The minimum atomic E-state index is 0.355. The minimum absolute atomic E-state index is 0.355. The summed E-state index contributed by atoms with van der Waals surface area (Å²) < 4.78 is 5.72. The Hall–Kier alpha value is -0.720. The first-order valence-corrected chi connectivity index (χ1v) is 4.30. The third kappa shape index (κ3) is 1.55. The van der Waals surface area contributed by atoms with Gasteiger partial charge in [-0.05, 0) is 28.1 Å². The molecule has 0 unspecified atom stereocenters. The molecule has 0 spiro atoms. The average molecular weight is 246 g/mol. The number of nitrogens with zero attached hydrogens (tertiary/aromatic N) is 1. The molecule has 0 aromatic heterocycles. The van der Waals surface area contributed by atoms with Gasteiger partial charge < -0.3 is 4.74 Å². The lowest BCUT2D eigenvalue weighted by molar-refractivity contribution is 0.411. The van der Waals surface area contributed by atoms with Gasteiger partial charge in [-0.25, -0.2) is 0 Å². The molecule has 0 radical (unpaired) electrons. The summed E-state index contributed by atoms with van der Waals surface area (Å²) in [6.07, 6.45) is 0. The van der Waals surface area contributed by atoms with Gasteiger partial charge in [0.2, 0.25) is 0 Å². The lowest BCUT2D eigenvalue weighted by atomic mass is 10.2. The maximum Gasteiger partial charge on any atom is 0.152 e. The van der Waals surface area contributed by atoms with E-state index in [-0.39, 0.29) is 0 Å². The number of hydrogen-bond acceptors (Lipinski definition) is 2. The quantitative estimate of drug-likeness (QED) is 0.763. The van der Waals surface area contributed by atoms with Crippen LogP contribution in [0.15, 0.2) is 16.6 Å². The molecule has 0 amide bonds. The minimum Gasteiger partial charge on any atom is -0.494 e. The van der Waals surface area contributed by atoms with Gasteiger partial charge in [-0.15, -0.1) is 0 Å². The van der Waals surface area contributed by atoms with Crippen LogP contribution in [0.5, 0.6) is 5.75 Å². The standard InChI is InChI=1S/C8H5BrClNO/c1-12-8-5(4-11)7(10)3-2-6(8)9/h2-3H,1H3. The van der Waals surface area contributed by atoms with Gasteiger partial charge in [0, 0.05) is 0 Å². The number of hydrogen-bond donors (Lipinski definition) is 0. The second-order valence-electron chi connectivity index (χ2n) is 2.05. The molecule has 0 bridgehead atoms. The van der Waals surface area contributed by atoms with Crippen LogP contribution in [0.4, 0.5) is 0 Å². The summed E-state index contributed by atoms with van der Waals surface area (Å²) in [4.78, 5) is 0. The van der Waals surface area contributed by atoms with Crippen LogP contribution >= 0.6 is 27.5 Å². The number of ether oxygens (including phenoxy) is 1. The first kappa shape index (κ1) is 9.37. The molecular formula is C8H5BrClNO. The summed E-state index contributed by atoms with van der Waals surface area (Å²) in [5.74, 6) is 0.477. The fraction of sp³-hybridized carbons (Fsp3) is 0.125. The number of halogens is 2. The predicted octanol–water partition coefficient (Wildman–Crippen LogP) is 2.98. The highest BCUT2D eigenvalue weighted by Crippen LogP contribution is 2.33. The van der Waals surface area contributed by atoms with E-state index >= 15 is 0 Å². The number of nitriles is 1. The SMILES string of the molecule is COc1c(Br)ccc(Cl)c1C#N. The van der Waals surface area contributed by atoms with Crippen LogP contribution in [0.3, 0.4) is 0 Å². The van der Waals surface area contributed by atoms with E-state index in [1.165, 1.54) is 7.11 Å². The highest BCUT2D eigenvalue weighted by molar-refractivity contribution is 9.10. The van der Waals surface area contributed by atoms with Crippen molar-refractivity contribution in [3.05, 3.63) is 27.2 Å². The van der Waals surface area contributed by atoms with E-state index in [1.54, 1.807) is 12.1 Å². The van der Waals surface area contributed by atoms with Crippen LogP contribution in [0.25, 0.3) is 0 Å². The topological polar surface area (TPSA) is 33.0 Å². The molecule has 2 nitrogen and oxygen atoms in total. The van der Waals surface area contributed by atoms with Gasteiger partial charge in [0.15, 0.2) is 5.75 Å². The van der Waals surface area contributed by atoms with Crippen LogP contribution in [0.1, 0.15) is 5.56 Å². The molecule has 1 rings (SSSR count). The molecule has 0 aliphatic rings. The van der Waals surface area contributed by atoms with Gasteiger partial charge in [0.05, 0.1) is 16.6 Å². The summed E-state index contributed by atoms with van der Waals surface area (Å²) in [6, 6.07) is 5.35. The van der Waals surface area contributed by atoms with Crippen molar-refractivity contribution in [1.82, 2.24) is 0 Å². The Bertz CT molecular complexity index is 346. The van der Waals surface area contributed by atoms with Gasteiger partial charge >= 0.3 is 0 Å². The molecule has 0 saturated carbocycles. The lowest BCUT2D eigenvalue weighted by Crippen LogP contribution is -1.89. The Kier molecular flexibility index (Phi) is 2.96. The Morgan fingerprint density at radius 2 is 2.25 bits per heavy atom. The molecule has 0 aliphatic carbocycles. The summed E-state index contributed by atoms with van der Waals surface area (Å²) in [5.41, 5.74) is 0.355. The van der Waals surface area contributed by atoms with E-state index in [4.69, 9.17) is 21.6 Å². The van der Waals surface area contributed by atoms with Crippen LogP contribution in [-0.2, 0) is 0 Å². The van der Waals surface area contributed by atoms with Crippen LogP contribution in [0.2, 0.25) is 5.02 Å². The first-order valence-electron chi connectivity index (χ1n) is 3.12. The van der Waals surface area contributed by atoms with Crippen molar-refractivity contribution < 1.29 is 4.74 Å². The van der Waals surface area contributed by atoms with E-state index in [1.807, 2.05) is 6.07 Å². The fourth-order valence-corrected chi connectivity index (χ4v) is 1.52. The monoisotopic (exact) mass is 245 g/mol. The van der Waals surface area contributed by atoms with Crippen molar-refractivity contribution in [2.75, 3.05) is 7.11 Å². The van der Waals surface area contributed by atoms with E-state index in [0.717, 1.165) is 4.47 Å². The Balaban J connectivity index is 3.41. The highest BCUT2D eigenvalue weighted by Gasteiger charge is 2.10. The molecule has 1 aromatic carbocycles. The van der Waals surface area contributed by atoms with Gasteiger partial charge in [-0.1, -0.05) is 11.6 Å². The number of methoxy groups -OCH3 is 1. The fourth-order valence-electron chi connectivity index (χ4n) is 0.837. The molecule has 0 atom stereocenters. The highest BCUT2D eigenvalue weighted by atomic mass is 79.9. The van der Waals surface area contributed by atoms with Gasteiger partial charge in [0.1, 0.15) is 11.6 Å². The molecule has 4 heteroatoms. The maximum atomic E-state index is 8.72. The summed E-state index contributed by atoms with van der Waals surface area (Å²) in [7, 11) is 1.50. The molecule has 1 aromatic rings. The molecule has 12 heavy (non-hydrogen) atoms. The van der Waals surface area contributed by atoms with Crippen LogP contribution < -0.4 is 4.74 Å². The molecular weight excluding hydrogens is 241 g/mol. The third-order valence-electron chi connectivity index (χ3n) is 1.37. The van der Waals surface area contributed by atoms with Crippen molar-refractivity contribution >= 4 is 27.5 Å². The van der Waals surface area contributed by atoms with Crippen molar-refractivity contribution in [2.24, 2.45) is 0 Å². The number of rotatable bonds is 1. The van der Waals surface area contributed by atoms with Crippen molar-refractivity contribution in [2.45, 2.75) is 0 Å². The second kappa shape index (κ2) is 3.79. The average Bonchev–Trinajstić information content (AvgIpc) is 2.08. The van der Waals surface area contributed by atoms with E-state index in [2.05, 4.69) is 15.9 Å². The molecule has 62 valence electrons. The van der Waals surface area contributed by atoms with Gasteiger partial charge in [-0.2, -0.15) is 5.26 Å². The molecule has 0 fully saturated rings. The van der Waals surface area contributed by atoms with Crippen LogP contribution in [-0.4, -0.2) is 7.11 Å². The van der Waals surface area contributed by atoms with Crippen molar-refractivity contribution in [3.8, 4) is 11.8 Å². The lowest BCUT2D eigenvalue weighted by Gasteiger charge is -2.05. The zero-order chi connectivity index (χ0) is 9.14. The Morgan fingerprint density at radius 1 is 1.58 bits per heavy atom. The second-order valence-corrected chi connectivity index (χ2v) is 3.31. The van der Waals surface area contributed by atoms with E-state index < -0.39 is 0 Å². The third-order valence-corrected chi connectivity index (χ3v) is 2.31. The smallest absolute Gasteiger partial charge is 0.152 e. The molecule has 0 aliphatic heterocycles. The Morgan fingerprint density at radius 3 is 2.67 bits per heavy atom. The van der Waals surface area contributed by atoms with E-state index in [9.17, 15) is 0 Å². The summed E-state index contributed by atoms with van der Waals surface area (Å²) >= 11 is 9.00. The zero-order valence-corrected chi connectivity index (χ0v) is 8.61. The van der Waals surface area contributed by atoms with Gasteiger partial charge in [0.25, 0.3) is 0 Å². The first-order chi connectivity index (χ1) is 5.70. The zero-order valence-electron chi connectivity index (χ0n) is 6.27. The molecule has 0 saturated heterocycles. The van der Waals surface area contributed by atoms with Crippen molar-refractivity contribution in [1.29, 1.82) is 5.26 Å². The normalized spacial score (nSPS) is 9.17. The summed E-state index contributed by atoms with van der Waals surface area (Å²) in [6.45, 7) is 0. The largest absolute Gasteiger partial charge is 0.494 e. The number of benzene rings is 1. The van der Waals surface area contributed by atoms with Gasteiger partial charge in [-0.3, -0.25) is 0 Å². The maximum absolute atomic E-state index is 8.72.